The van der Waals surface area contributed by atoms with Crippen LogP contribution in [-0.4, -0.2) is 18.2 Å². The summed E-state index contributed by atoms with van der Waals surface area (Å²) >= 11 is 0. The van der Waals surface area contributed by atoms with Crippen LogP contribution >= 0.6 is 0 Å². The number of allylic oxidation sites excluding steroid dienone is 2. The van der Waals surface area contributed by atoms with Gasteiger partial charge in [-0.2, -0.15) is 0 Å². The zero-order valence-electron chi connectivity index (χ0n) is 10.2. The van der Waals surface area contributed by atoms with Gasteiger partial charge in [0.1, 0.15) is 5.75 Å². The average Bonchev–Trinajstić information content (AvgIpc) is 2.34. The molecule has 0 radical (unpaired) electrons. The van der Waals surface area contributed by atoms with E-state index in [9.17, 15) is 9.90 Å². The molecule has 1 aromatic rings. The van der Waals surface area contributed by atoms with E-state index in [1.807, 2.05) is 25.1 Å². The Morgan fingerprint density at radius 2 is 2.29 bits per heavy atom. The van der Waals surface area contributed by atoms with Gasteiger partial charge in [-0.3, -0.25) is 4.79 Å². The van der Waals surface area contributed by atoms with E-state index in [0.717, 1.165) is 12.0 Å². The average molecular weight is 234 g/mol. The van der Waals surface area contributed by atoms with Crippen LogP contribution in [0.15, 0.2) is 36.4 Å². The van der Waals surface area contributed by atoms with Crippen LogP contribution < -0.4 is 0 Å². The lowest BCUT2D eigenvalue weighted by Gasteiger charge is -2.12. The SMILES string of the molecule is CC/C=C\[C@@H](CC(=O)OC)c1cccc(O)c1. The summed E-state index contributed by atoms with van der Waals surface area (Å²) in [5, 5.41) is 9.44. The number of methoxy groups -OCH3 is 1. The molecule has 1 aromatic carbocycles. The highest BCUT2D eigenvalue weighted by atomic mass is 16.5. The molecule has 0 amide bonds. The molecule has 0 unspecified atom stereocenters. The van der Waals surface area contributed by atoms with E-state index in [-0.39, 0.29) is 24.1 Å². The molecule has 0 aliphatic heterocycles. The first-order valence-corrected chi connectivity index (χ1v) is 5.69. The molecule has 17 heavy (non-hydrogen) atoms. The molecule has 0 bridgehead atoms. The normalized spacial score (nSPS) is 12.6. The van der Waals surface area contributed by atoms with Crippen molar-refractivity contribution in [2.75, 3.05) is 7.11 Å². The monoisotopic (exact) mass is 234 g/mol. The van der Waals surface area contributed by atoms with Crippen molar-refractivity contribution in [3.8, 4) is 5.75 Å². The quantitative estimate of drug-likeness (QED) is 0.629. The summed E-state index contributed by atoms with van der Waals surface area (Å²) in [5.74, 6) is -0.0872. The van der Waals surface area contributed by atoms with Crippen molar-refractivity contribution in [2.24, 2.45) is 0 Å². The minimum Gasteiger partial charge on any atom is -0.508 e. The predicted octanol–water partition coefficient (Wildman–Crippen LogP) is 3.01. The Kier molecular flexibility index (Phi) is 5.27. The molecule has 0 fully saturated rings. The molecule has 3 heteroatoms. The lowest BCUT2D eigenvalue weighted by atomic mass is 9.95. The molecule has 0 aliphatic carbocycles. The van der Waals surface area contributed by atoms with Crippen molar-refractivity contribution in [3.63, 3.8) is 0 Å². The number of rotatable bonds is 5. The number of hydrogen-bond donors (Lipinski definition) is 1. The Morgan fingerprint density at radius 1 is 1.53 bits per heavy atom. The number of carbonyl (C=O) groups excluding carboxylic acids is 1. The molecule has 3 nitrogen and oxygen atoms in total. The second-order valence-corrected chi connectivity index (χ2v) is 3.82. The predicted molar refractivity (Wildman–Crippen MR) is 66.9 cm³/mol. The van der Waals surface area contributed by atoms with Gasteiger partial charge in [0, 0.05) is 5.92 Å². The van der Waals surface area contributed by atoms with Crippen LogP contribution in [0, 0.1) is 0 Å². The number of ether oxygens (including phenoxy) is 1. The zero-order valence-corrected chi connectivity index (χ0v) is 10.2. The first-order chi connectivity index (χ1) is 8.17. The van der Waals surface area contributed by atoms with Crippen LogP contribution in [0.25, 0.3) is 0 Å². The van der Waals surface area contributed by atoms with Crippen molar-refractivity contribution >= 4 is 5.97 Å². The molecule has 1 N–H and O–H groups in total. The molecular formula is C14H18O3. The summed E-state index contributed by atoms with van der Waals surface area (Å²) in [6.07, 6.45) is 5.19. The van der Waals surface area contributed by atoms with E-state index < -0.39 is 0 Å². The molecule has 0 heterocycles. The van der Waals surface area contributed by atoms with E-state index in [4.69, 9.17) is 0 Å². The lowest BCUT2D eigenvalue weighted by molar-refractivity contribution is -0.140. The number of esters is 1. The van der Waals surface area contributed by atoms with E-state index >= 15 is 0 Å². The first-order valence-electron chi connectivity index (χ1n) is 5.69. The minimum atomic E-state index is -0.251. The van der Waals surface area contributed by atoms with Gasteiger partial charge in [0.05, 0.1) is 13.5 Å². The Labute approximate surface area is 102 Å². The van der Waals surface area contributed by atoms with Crippen molar-refractivity contribution in [1.82, 2.24) is 0 Å². The van der Waals surface area contributed by atoms with Crippen molar-refractivity contribution < 1.29 is 14.6 Å². The summed E-state index contributed by atoms with van der Waals surface area (Å²) in [7, 11) is 1.38. The topological polar surface area (TPSA) is 46.5 Å². The van der Waals surface area contributed by atoms with Crippen LogP contribution in [-0.2, 0) is 9.53 Å². The molecule has 0 aromatic heterocycles. The third-order valence-electron chi connectivity index (χ3n) is 2.52. The van der Waals surface area contributed by atoms with Gasteiger partial charge >= 0.3 is 5.97 Å². The highest BCUT2D eigenvalue weighted by Crippen LogP contribution is 2.25. The fourth-order valence-electron chi connectivity index (χ4n) is 1.62. The van der Waals surface area contributed by atoms with Crippen molar-refractivity contribution in [3.05, 3.63) is 42.0 Å². The van der Waals surface area contributed by atoms with Gasteiger partial charge in [-0.15, -0.1) is 0 Å². The third-order valence-corrected chi connectivity index (χ3v) is 2.52. The highest BCUT2D eigenvalue weighted by molar-refractivity contribution is 5.70. The molecular weight excluding hydrogens is 216 g/mol. The van der Waals surface area contributed by atoms with Crippen LogP contribution in [0.5, 0.6) is 5.75 Å². The highest BCUT2D eigenvalue weighted by Gasteiger charge is 2.13. The van der Waals surface area contributed by atoms with Crippen LogP contribution in [0.4, 0.5) is 0 Å². The number of benzene rings is 1. The maximum Gasteiger partial charge on any atom is 0.306 e. The molecule has 0 saturated heterocycles. The Bertz CT molecular complexity index is 396. The Balaban J connectivity index is 2.89. The van der Waals surface area contributed by atoms with Gasteiger partial charge in [0.15, 0.2) is 0 Å². The summed E-state index contributed by atoms with van der Waals surface area (Å²) in [6.45, 7) is 2.04. The van der Waals surface area contributed by atoms with Gasteiger partial charge in [0.2, 0.25) is 0 Å². The second kappa shape index (κ2) is 6.74. The van der Waals surface area contributed by atoms with E-state index in [1.165, 1.54) is 7.11 Å². The molecule has 0 saturated carbocycles. The maximum absolute atomic E-state index is 11.3. The first kappa shape index (κ1) is 13.3. The van der Waals surface area contributed by atoms with E-state index in [2.05, 4.69) is 4.74 Å². The zero-order chi connectivity index (χ0) is 12.7. The van der Waals surface area contributed by atoms with Gasteiger partial charge in [-0.25, -0.2) is 0 Å². The number of aromatic hydroxyl groups is 1. The standard InChI is InChI=1S/C14H18O3/c1-3-4-6-12(10-14(16)17-2)11-7-5-8-13(15)9-11/h4-9,12,15H,3,10H2,1-2H3/b6-4-/t12-/m0/s1. The largest absolute Gasteiger partial charge is 0.508 e. The molecule has 92 valence electrons. The lowest BCUT2D eigenvalue weighted by Crippen LogP contribution is -2.06. The van der Waals surface area contributed by atoms with Crippen LogP contribution in [0.1, 0.15) is 31.2 Å². The molecule has 0 spiro atoms. The number of phenols is 1. The summed E-state index contributed by atoms with van der Waals surface area (Å²) in [5.41, 5.74) is 0.917. The third kappa shape index (κ3) is 4.31. The number of phenolic OH excluding ortho intramolecular Hbond substituents is 1. The number of carbonyl (C=O) groups is 1. The molecule has 1 rings (SSSR count). The van der Waals surface area contributed by atoms with E-state index in [1.54, 1.807) is 18.2 Å². The summed E-state index contributed by atoms with van der Waals surface area (Å²) in [4.78, 5) is 11.3. The van der Waals surface area contributed by atoms with E-state index in [0.29, 0.717) is 0 Å². The fraction of sp³-hybridized carbons (Fsp3) is 0.357. The van der Waals surface area contributed by atoms with Gasteiger partial charge in [0.25, 0.3) is 0 Å². The molecule has 1 atom stereocenters. The van der Waals surface area contributed by atoms with Gasteiger partial charge in [-0.1, -0.05) is 31.2 Å². The van der Waals surface area contributed by atoms with Crippen LogP contribution in [0.3, 0.4) is 0 Å². The second-order valence-electron chi connectivity index (χ2n) is 3.82. The minimum absolute atomic E-state index is 0.0468. The summed E-state index contributed by atoms with van der Waals surface area (Å²) in [6, 6.07) is 6.96. The molecule has 0 aliphatic rings. The number of hydrogen-bond acceptors (Lipinski definition) is 3. The van der Waals surface area contributed by atoms with Crippen LogP contribution in [0.2, 0.25) is 0 Å². The summed E-state index contributed by atoms with van der Waals surface area (Å²) < 4.78 is 4.68. The van der Waals surface area contributed by atoms with Crippen molar-refractivity contribution in [1.29, 1.82) is 0 Å². The fourth-order valence-corrected chi connectivity index (χ4v) is 1.62. The van der Waals surface area contributed by atoms with Gasteiger partial charge < -0.3 is 9.84 Å². The Morgan fingerprint density at radius 3 is 2.88 bits per heavy atom. The maximum atomic E-state index is 11.3. The Hall–Kier alpha value is -1.77. The van der Waals surface area contributed by atoms with Crippen molar-refractivity contribution in [2.45, 2.75) is 25.7 Å². The smallest absolute Gasteiger partial charge is 0.306 e. The van der Waals surface area contributed by atoms with Gasteiger partial charge in [-0.05, 0) is 24.1 Å².